The Morgan fingerprint density at radius 1 is 1.19 bits per heavy atom. The standard InChI is InChI=1S/C24H31N7O/c1-18(2)13-21-14-19(29-31(21)20-7-4-3-5-8-20)15-23(32)28-17-30-12-11-25-16-22(30)24-26-9-6-10-27-24/h3-10,14,18,22,25H,11-13,15-17H2,1-2H3,(H,28,32). The third-order valence-electron chi connectivity index (χ3n) is 5.51. The van der Waals surface area contributed by atoms with Crippen molar-refractivity contribution in [2.24, 2.45) is 5.92 Å². The Hall–Kier alpha value is -3.10. The molecule has 2 aromatic heterocycles. The van der Waals surface area contributed by atoms with Crippen molar-refractivity contribution < 1.29 is 4.79 Å². The van der Waals surface area contributed by atoms with Crippen molar-refractivity contribution in [3.8, 4) is 5.69 Å². The Morgan fingerprint density at radius 2 is 1.97 bits per heavy atom. The zero-order valence-corrected chi connectivity index (χ0v) is 18.7. The van der Waals surface area contributed by atoms with E-state index in [4.69, 9.17) is 5.10 Å². The van der Waals surface area contributed by atoms with Crippen LogP contribution < -0.4 is 10.6 Å². The van der Waals surface area contributed by atoms with Gasteiger partial charge in [0.05, 0.1) is 30.5 Å². The first-order chi connectivity index (χ1) is 15.6. The molecule has 0 spiro atoms. The topological polar surface area (TPSA) is 88.0 Å². The van der Waals surface area contributed by atoms with E-state index in [1.807, 2.05) is 41.1 Å². The van der Waals surface area contributed by atoms with Crippen LogP contribution in [0.25, 0.3) is 5.69 Å². The molecule has 8 heteroatoms. The van der Waals surface area contributed by atoms with Gasteiger partial charge in [0, 0.05) is 37.7 Å². The number of piperazine rings is 1. The number of hydrogen-bond donors (Lipinski definition) is 2. The molecule has 1 saturated heterocycles. The molecule has 1 aliphatic heterocycles. The average molecular weight is 434 g/mol. The van der Waals surface area contributed by atoms with Crippen molar-refractivity contribution >= 4 is 5.91 Å². The maximum Gasteiger partial charge on any atom is 0.227 e. The number of amides is 1. The minimum Gasteiger partial charge on any atom is -0.343 e. The third-order valence-corrected chi connectivity index (χ3v) is 5.51. The SMILES string of the molecule is CC(C)Cc1cc(CC(=O)NCN2CCNCC2c2ncccn2)nn1-c1ccccc1. The Labute approximate surface area is 189 Å². The van der Waals surface area contributed by atoms with Gasteiger partial charge in [0.15, 0.2) is 0 Å². The first kappa shape index (κ1) is 22.1. The summed E-state index contributed by atoms with van der Waals surface area (Å²) in [5.74, 6) is 1.24. The fourth-order valence-electron chi connectivity index (χ4n) is 4.01. The molecule has 1 unspecified atom stereocenters. The van der Waals surface area contributed by atoms with Gasteiger partial charge < -0.3 is 10.6 Å². The van der Waals surface area contributed by atoms with Gasteiger partial charge in [0.1, 0.15) is 5.82 Å². The maximum atomic E-state index is 12.7. The molecular formula is C24H31N7O. The lowest BCUT2D eigenvalue weighted by Crippen LogP contribution is -2.50. The highest BCUT2D eigenvalue weighted by Gasteiger charge is 2.26. The van der Waals surface area contributed by atoms with Crippen LogP contribution in [0.2, 0.25) is 0 Å². The highest BCUT2D eigenvalue weighted by atomic mass is 16.1. The summed E-state index contributed by atoms with van der Waals surface area (Å²) in [4.78, 5) is 23.7. The summed E-state index contributed by atoms with van der Waals surface area (Å²) in [7, 11) is 0. The summed E-state index contributed by atoms with van der Waals surface area (Å²) < 4.78 is 1.96. The number of nitrogens with zero attached hydrogens (tertiary/aromatic N) is 5. The van der Waals surface area contributed by atoms with E-state index in [0.717, 1.165) is 49.0 Å². The second kappa shape index (κ2) is 10.5. The Bertz CT molecular complexity index is 1000. The van der Waals surface area contributed by atoms with E-state index in [-0.39, 0.29) is 18.4 Å². The van der Waals surface area contributed by atoms with Gasteiger partial charge in [-0.2, -0.15) is 5.10 Å². The van der Waals surface area contributed by atoms with E-state index >= 15 is 0 Å². The van der Waals surface area contributed by atoms with Crippen LogP contribution in [0.1, 0.15) is 37.1 Å². The van der Waals surface area contributed by atoms with Gasteiger partial charge in [-0.3, -0.25) is 9.69 Å². The molecule has 1 aliphatic rings. The van der Waals surface area contributed by atoms with E-state index < -0.39 is 0 Å². The number of carbonyl (C=O) groups is 1. The van der Waals surface area contributed by atoms with Crippen LogP contribution >= 0.6 is 0 Å². The fraction of sp³-hybridized carbons (Fsp3) is 0.417. The molecule has 4 rings (SSSR count). The molecular weight excluding hydrogens is 402 g/mol. The van der Waals surface area contributed by atoms with Crippen LogP contribution in [0.15, 0.2) is 54.9 Å². The van der Waals surface area contributed by atoms with Crippen LogP contribution in [0.3, 0.4) is 0 Å². The highest BCUT2D eigenvalue weighted by molar-refractivity contribution is 5.78. The minimum atomic E-state index is -0.0370. The highest BCUT2D eigenvalue weighted by Crippen LogP contribution is 2.18. The molecule has 1 atom stereocenters. The van der Waals surface area contributed by atoms with E-state index in [0.29, 0.717) is 12.6 Å². The predicted molar refractivity (Wildman–Crippen MR) is 123 cm³/mol. The van der Waals surface area contributed by atoms with Gasteiger partial charge in [0.25, 0.3) is 0 Å². The van der Waals surface area contributed by atoms with Crippen molar-refractivity contribution in [3.05, 3.63) is 72.1 Å². The van der Waals surface area contributed by atoms with Gasteiger partial charge in [-0.15, -0.1) is 0 Å². The fourth-order valence-corrected chi connectivity index (χ4v) is 4.01. The van der Waals surface area contributed by atoms with Crippen LogP contribution in [-0.2, 0) is 17.6 Å². The molecule has 3 heterocycles. The lowest BCUT2D eigenvalue weighted by molar-refractivity contribution is -0.121. The number of nitrogens with one attached hydrogen (secondary N) is 2. The molecule has 8 nitrogen and oxygen atoms in total. The molecule has 1 fully saturated rings. The molecule has 0 bridgehead atoms. The molecule has 1 aromatic carbocycles. The first-order valence-electron chi connectivity index (χ1n) is 11.2. The van der Waals surface area contributed by atoms with Gasteiger partial charge in [0.2, 0.25) is 5.91 Å². The molecule has 0 saturated carbocycles. The van der Waals surface area contributed by atoms with Crippen LogP contribution in [0.5, 0.6) is 0 Å². The van der Waals surface area contributed by atoms with E-state index in [9.17, 15) is 4.79 Å². The van der Waals surface area contributed by atoms with Crippen molar-refractivity contribution in [1.82, 2.24) is 35.3 Å². The van der Waals surface area contributed by atoms with Crippen LogP contribution in [0, 0.1) is 5.92 Å². The Morgan fingerprint density at radius 3 is 2.72 bits per heavy atom. The van der Waals surface area contributed by atoms with E-state index in [2.05, 4.69) is 45.4 Å². The number of carbonyl (C=O) groups excluding carboxylic acids is 1. The smallest absolute Gasteiger partial charge is 0.227 e. The third kappa shape index (κ3) is 5.57. The maximum absolute atomic E-state index is 12.7. The summed E-state index contributed by atoms with van der Waals surface area (Å²) in [5.41, 5.74) is 2.92. The zero-order valence-electron chi connectivity index (χ0n) is 18.7. The van der Waals surface area contributed by atoms with Gasteiger partial charge in [-0.1, -0.05) is 32.0 Å². The number of para-hydroxylation sites is 1. The predicted octanol–water partition coefficient (Wildman–Crippen LogP) is 2.12. The normalized spacial score (nSPS) is 16.9. The Balaban J connectivity index is 1.41. The van der Waals surface area contributed by atoms with Crippen LogP contribution in [-0.4, -0.2) is 56.9 Å². The van der Waals surface area contributed by atoms with E-state index in [1.165, 1.54) is 0 Å². The van der Waals surface area contributed by atoms with Crippen LogP contribution in [0.4, 0.5) is 0 Å². The van der Waals surface area contributed by atoms with Crippen molar-refractivity contribution in [1.29, 1.82) is 0 Å². The summed E-state index contributed by atoms with van der Waals surface area (Å²) in [6.45, 7) is 7.30. The second-order valence-corrected chi connectivity index (χ2v) is 8.55. The van der Waals surface area contributed by atoms with Gasteiger partial charge >= 0.3 is 0 Å². The lowest BCUT2D eigenvalue weighted by Gasteiger charge is -2.34. The molecule has 1 amide bonds. The molecule has 3 aromatic rings. The summed E-state index contributed by atoms with van der Waals surface area (Å²) in [6.07, 6.45) is 4.67. The van der Waals surface area contributed by atoms with Gasteiger partial charge in [-0.05, 0) is 36.6 Å². The number of aromatic nitrogens is 4. The molecule has 32 heavy (non-hydrogen) atoms. The number of hydrogen-bond acceptors (Lipinski definition) is 6. The molecule has 0 radical (unpaired) electrons. The molecule has 2 N–H and O–H groups in total. The molecule has 168 valence electrons. The zero-order chi connectivity index (χ0) is 22.3. The van der Waals surface area contributed by atoms with Crippen molar-refractivity contribution in [3.63, 3.8) is 0 Å². The largest absolute Gasteiger partial charge is 0.343 e. The average Bonchev–Trinajstić information content (AvgIpc) is 3.20. The monoisotopic (exact) mass is 433 g/mol. The summed E-state index contributed by atoms with van der Waals surface area (Å²) in [6, 6.07) is 14.0. The number of rotatable bonds is 8. The molecule has 0 aliphatic carbocycles. The minimum absolute atomic E-state index is 0.0370. The quantitative estimate of drug-likeness (QED) is 0.566. The first-order valence-corrected chi connectivity index (χ1v) is 11.2. The Kier molecular flexibility index (Phi) is 7.24. The second-order valence-electron chi connectivity index (χ2n) is 8.55. The van der Waals surface area contributed by atoms with Gasteiger partial charge in [-0.25, -0.2) is 14.6 Å². The van der Waals surface area contributed by atoms with Crippen molar-refractivity contribution in [2.75, 3.05) is 26.3 Å². The van der Waals surface area contributed by atoms with E-state index in [1.54, 1.807) is 12.4 Å². The van der Waals surface area contributed by atoms with Crippen molar-refractivity contribution in [2.45, 2.75) is 32.7 Å². The number of benzene rings is 1. The lowest BCUT2D eigenvalue weighted by atomic mass is 10.1. The summed E-state index contributed by atoms with van der Waals surface area (Å²) >= 11 is 0. The summed E-state index contributed by atoms with van der Waals surface area (Å²) in [5, 5.41) is 11.2.